The van der Waals surface area contributed by atoms with Gasteiger partial charge in [-0.3, -0.25) is 4.79 Å². The Balaban J connectivity index is 1.57. The second-order valence-corrected chi connectivity index (χ2v) is 6.90. The minimum atomic E-state index is -0.681. The lowest BCUT2D eigenvalue weighted by atomic mass is 10.1. The molecule has 1 amide bonds. The molecule has 7 heteroatoms. The summed E-state index contributed by atoms with van der Waals surface area (Å²) in [6.45, 7) is 1.85. The van der Waals surface area contributed by atoms with Crippen LogP contribution < -0.4 is 10.2 Å². The molecule has 28 heavy (non-hydrogen) atoms. The molecule has 0 atom stereocenters. The van der Waals surface area contributed by atoms with Crippen LogP contribution in [0.25, 0.3) is 10.9 Å². The van der Waals surface area contributed by atoms with Crippen LogP contribution in [0.2, 0.25) is 0 Å². The molecule has 4 rings (SSSR count). The predicted octanol–water partition coefficient (Wildman–Crippen LogP) is 3.83. The number of benzene rings is 2. The summed E-state index contributed by atoms with van der Waals surface area (Å²) >= 11 is 0. The molecule has 0 bridgehead atoms. The number of nitrogens with one attached hydrogen (secondary N) is 1. The van der Waals surface area contributed by atoms with E-state index >= 15 is 0 Å². The molecule has 1 saturated heterocycles. The third-order valence-corrected chi connectivity index (χ3v) is 4.99. The number of halogens is 2. The molecule has 1 aliphatic rings. The average Bonchev–Trinajstić information content (AvgIpc) is 2.72. The van der Waals surface area contributed by atoms with E-state index in [0.717, 1.165) is 48.7 Å². The van der Waals surface area contributed by atoms with Gasteiger partial charge in [0.1, 0.15) is 23.8 Å². The zero-order valence-electron chi connectivity index (χ0n) is 15.3. The highest BCUT2D eigenvalue weighted by Crippen LogP contribution is 2.26. The molecule has 0 saturated carbocycles. The van der Waals surface area contributed by atoms with Gasteiger partial charge < -0.3 is 10.2 Å². The van der Waals surface area contributed by atoms with Gasteiger partial charge in [-0.15, -0.1) is 0 Å². The van der Waals surface area contributed by atoms with Crippen LogP contribution in [-0.4, -0.2) is 29.0 Å². The fourth-order valence-electron chi connectivity index (χ4n) is 3.48. The van der Waals surface area contributed by atoms with Crippen molar-refractivity contribution < 1.29 is 13.6 Å². The van der Waals surface area contributed by atoms with Crippen LogP contribution >= 0.6 is 0 Å². The van der Waals surface area contributed by atoms with Crippen LogP contribution in [-0.2, 0) is 6.54 Å². The van der Waals surface area contributed by atoms with E-state index in [1.807, 2.05) is 0 Å². The molecule has 144 valence electrons. The normalized spacial score (nSPS) is 14.3. The van der Waals surface area contributed by atoms with Gasteiger partial charge in [-0.05, 0) is 43.5 Å². The summed E-state index contributed by atoms with van der Waals surface area (Å²) in [6, 6.07) is 8.55. The monoisotopic (exact) mass is 382 g/mol. The van der Waals surface area contributed by atoms with Crippen molar-refractivity contribution >= 4 is 22.6 Å². The van der Waals surface area contributed by atoms with Crippen molar-refractivity contribution in [3.63, 3.8) is 0 Å². The van der Waals surface area contributed by atoms with Gasteiger partial charge in [-0.1, -0.05) is 6.07 Å². The lowest BCUT2D eigenvalue weighted by Crippen LogP contribution is -2.30. The molecule has 1 aliphatic heterocycles. The SMILES string of the molecule is O=C(NCc1ccc(F)cc1F)c1ccc2ncnc(N3CCCCC3)c2c1. The minimum absolute atomic E-state index is 0.0206. The zero-order chi connectivity index (χ0) is 19.5. The van der Waals surface area contributed by atoms with Crippen molar-refractivity contribution in [1.29, 1.82) is 0 Å². The second-order valence-electron chi connectivity index (χ2n) is 6.90. The van der Waals surface area contributed by atoms with Crippen molar-refractivity contribution in [2.75, 3.05) is 18.0 Å². The zero-order valence-corrected chi connectivity index (χ0v) is 15.3. The first-order valence-corrected chi connectivity index (χ1v) is 9.33. The Kier molecular flexibility index (Phi) is 5.14. The quantitative estimate of drug-likeness (QED) is 0.745. The van der Waals surface area contributed by atoms with Gasteiger partial charge in [0.15, 0.2) is 0 Å². The van der Waals surface area contributed by atoms with Gasteiger partial charge in [0.2, 0.25) is 0 Å². The summed E-state index contributed by atoms with van der Waals surface area (Å²) in [6.07, 6.45) is 5.00. The van der Waals surface area contributed by atoms with Gasteiger partial charge >= 0.3 is 0 Å². The molecule has 1 aromatic heterocycles. The van der Waals surface area contributed by atoms with E-state index in [1.165, 1.54) is 18.6 Å². The summed E-state index contributed by atoms with van der Waals surface area (Å²) in [5, 5.41) is 3.51. The van der Waals surface area contributed by atoms with Gasteiger partial charge in [0.05, 0.1) is 5.52 Å². The largest absolute Gasteiger partial charge is 0.356 e. The molecule has 0 radical (unpaired) electrons. The number of piperidine rings is 1. The second kappa shape index (κ2) is 7.88. The molecule has 5 nitrogen and oxygen atoms in total. The molecule has 1 N–H and O–H groups in total. The van der Waals surface area contributed by atoms with E-state index < -0.39 is 11.6 Å². The van der Waals surface area contributed by atoms with E-state index in [2.05, 4.69) is 20.2 Å². The number of amides is 1. The predicted molar refractivity (Wildman–Crippen MR) is 103 cm³/mol. The number of aromatic nitrogens is 2. The van der Waals surface area contributed by atoms with Crippen LogP contribution in [0, 0.1) is 11.6 Å². The third-order valence-electron chi connectivity index (χ3n) is 4.99. The number of carbonyl (C=O) groups is 1. The Morgan fingerprint density at radius 2 is 1.86 bits per heavy atom. The molecule has 2 heterocycles. The smallest absolute Gasteiger partial charge is 0.251 e. The Labute approximate surface area is 161 Å². The molecule has 3 aromatic rings. The van der Waals surface area contributed by atoms with Crippen molar-refractivity contribution in [2.24, 2.45) is 0 Å². The number of fused-ring (bicyclic) bond motifs is 1. The lowest BCUT2D eigenvalue weighted by molar-refractivity contribution is 0.0950. The Hall–Kier alpha value is -3.09. The van der Waals surface area contributed by atoms with Crippen LogP contribution in [0.3, 0.4) is 0 Å². The first-order chi connectivity index (χ1) is 13.6. The number of hydrogen-bond acceptors (Lipinski definition) is 4. The summed E-state index contributed by atoms with van der Waals surface area (Å²) in [5.41, 5.74) is 1.45. The van der Waals surface area contributed by atoms with E-state index in [0.29, 0.717) is 5.56 Å². The molecular formula is C21H20F2N4O. The number of rotatable bonds is 4. The van der Waals surface area contributed by atoms with Crippen molar-refractivity contribution in [2.45, 2.75) is 25.8 Å². The Morgan fingerprint density at radius 1 is 1.04 bits per heavy atom. The van der Waals surface area contributed by atoms with Gasteiger partial charge in [0.25, 0.3) is 5.91 Å². The number of anilines is 1. The highest BCUT2D eigenvalue weighted by atomic mass is 19.1. The minimum Gasteiger partial charge on any atom is -0.356 e. The Morgan fingerprint density at radius 3 is 2.64 bits per heavy atom. The third kappa shape index (κ3) is 3.78. The standard InChI is InChI=1S/C21H20F2N4O/c22-16-6-4-15(18(23)11-16)12-24-21(28)14-5-7-19-17(10-14)20(26-13-25-19)27-8-2-1-3-9-27/h4-7,10-11,13H,1-3,8-9,12H2,(H,24,28). The van der Waals surface area contributed by atoms with E-state index in [-0.39, 0.29) is 18.0 Å². The first kappa shape index (κ1) is 18.3. The van der Waals surface area contributed by atoms with Crippen LogP contribution in [0.1, 0.15) is 35.2 Å². The van der Waals surface area contributed by atoms with Crippen molar-refractivity contribution in [3.8, 4) is 0 Å². The molecule has 0 spiro atoms. The number of nitrogens with zero attached hydrogens (tertiary/aromatic N) is 3. The first-order valence-electron chi connectivity index (χ1n) is 9.33. The Bertz CT molecular complexity index is 1020. The van der Waals surface area contributed by atoms with Crippen molar-refractivity contribution in [3.05, 3.63) is 65.5 Å². The molecule has 0 aliphatic carbocycles. The molecular weight excluding hydrogens is 362 g/mol. The summed E-state index contributed by atoms with van der Waals surface area (Å²) in [4.78, 5) is 23.5. The van der Waals surface area contributed by atoms with Gasteiger partial charge in [0, 0.05) is 42.2 Å². The average molecular weight is 382 g/mol. The van der Waals surface area contributed by atoms with Gasteiger partial charge in [-0.2, -0.15) is 0 Å². The summed E-state index contributed by atoms with van der Waals surface area (Å²) in [5.74, 6) is -0.824. The highest BCUT2D eigenvalue weighted by Gasteiger charge is 2.17. The highest BCUT2D eigenvalue weighted by molar-refractivity contribution is 6.00. The lowest BCUT2D eigenvalue weighted by Gasteiger charge is -2.28. The number of hydrogen-bond donors (Lipinski definition) is 1. The molecule has 1 fully saturated rings. The molecule has 2 aromatic carbocycles. The van der Waals surface area contributed by atoms with Crippen molar-refractivity contribution in [1.82, 2.24) is 15.3 Å². The molecule has 0 unspecified atom stereocenters. The van der Waals surface area contributed by atoms with Crippen LogP contribution in [0.5, 0.6) is 0 Å². The van der Waals surface area contributed by atoms with E-state index in [4.69, 9.17) is 0 Å². The van der Waals surface area contributed by atoms with Crippen LogP contribution in [0.15, 0.2) is 42.7 Å². The summed E-state index contributed by atoms with van der Waals surface area (Å²) in [7, 11) is 0. The maximum atomic E-state index is 13.8. The number of carbonyl (C=O) groups excluding carboxylic acids is 1. The van der Waals surface area contributed by atoms with E-state index in [9.17, 15) is 13.6 Å². The van der Waals surface area contributed by atoms with Gasteiger partial charge in [-0.25, -0.2) is 18.7 Å². The fourth-order valence-corrected chi connectivity index (χ4v) is 3.48. The topological polar surface area (TPSA) is 58.1 Å². The maximum Gasteiger partial charge on any atom is 0.251 e. The van der Waals surface area contributed by atoms with Crippen LogP contribution in [0.4, 0.5) is 14.6 Å². The maximum absolute atomic E-state index is 13.8. The fraction of sp³-hybridized carbons (Fsp3) is 0.286. The summed E-state index contributed by atoms with van der Waals surface area (Å²) < 4.78 is 26.8. The van der Waals surface area contributed by atoms with E-state index in [1.54, 1.807) is 24.5 Å².